The molecule has 0 aromatic heterocycles. The molecule has 21 heavy (non-hydrogen) atoms. The monoisotopic (exact) mass is 281 g/mol. The van der Waals surface area contributed by atoms with E-state index < -0.39 is 0 Å². The van der Waals surface area contributed by atoms with Crippen molar-refractivity contribution in [2.45, 2.75) is 52.4 Å². The summed E-state index contributed by atoms with van der Waals surface area (Å²) >= 11 is 0. The van der Waals surface area contributed by atoms with E-state index in [1.54, 1.807) is 0 Å². The van der Waals surface area contributed by atoms with E-state index in [2.05, 4.69) is 50.2 Å². The Hall–Kier alpha value is -1.76. The number of nitrogen functional groups attached to an aromatic ring is 1. The molecule has 0 unspecified atom stereocenters. The zero-order chi connectivity index (χ0) is 15.1. The molecule has 0 saturated heterocycles. The van der Waals surface area contributed by atoms with Gasteiger partial charge in [0.2, 0.25) is 0 Å². The summed E-state index contributed by atoms with van der Waals surface area (Å²) in [6.45, 7) is 4.38. The number of nitrogens with two attached hydrogens (primary N) is 1. The molecule has 0 bridgehead atoms. The highest BCUT2D eigenvalue weighted by molar-refractivity contribution is 5.79. The summed E-state index contributed by atoms with van der Waals surface area (Å²) in [5, 5.41) is 0. The summed E-state index contributed by atoms with van der Waals surface area (Å²) in [5.74, 6) is 0. The standard InChI is InChI=1S/C20H27N/c1-3-4-5-6-7-10-17-11-8-9-12-18(17)19-15-16(2)13-14-20(19)21/h8-9,11-15H,3-7,10,21H2,1-2H3. The van der Waals surface area contributed by atoms with Gasteiger partial charge in [-0.15, -0.1) is 0 Å². The van der Waals surface area contributed by atoms with Crippen LogP contribution in [0.4, 0.5) is 5.69 Å². The molecule has 0 aliphatic heterocycles. The van der Waals surface area contributed by atoms with Gasteiger partial charge in [-0.25, -0.2) is 0 Å². The molecule has 2 N–H and O–H groups in total. The molecule has 2 aromatic carbocycles. The Morgan fingerprint density at radius 3 is 2.43 bits per heavy atom. The maximum atomic E-state index is 6.18. The molecule has 1 nitrogen and oxygen atoms in total. The number of hydrogen-bond donors (Lipinski definition) is 1. The zero-order valence-electron chi connectivity index (χ0n) is 13.4. The third-order valence-electron chi connectivity index (χ3n) is 4.07. The Bertz CT molecular complexity index is 572. The highest BCUT2D eigenvalue weighted by Gasteiger charge is 2.08. The molecule has 0 aliphatic rings. The zero-order valence-corrected chi connectivity index (χ0v) is 13.4. The van der Waals surface area contributed by atoms with E-state index >= 15 is 0 Å². The van der Waals surface area contributed by atoms with Crippen LogP contribution < -0.4 is 5.73 Å². The average molecular weight is 281 g/mol. The van der Waals surface area contributed by atoms with Crippen molar-refractivity contribution in [1.29, 1.82) is 0 Å². The van der Waals surface area contributed by atoms with E-state index in [1.807, 2.05) is 6.07 Å². The van der Waals surface area contributed by atoms with E-state index in [4.69, 9.17) is 5.73 Å². The van der Waals surface area contributed by atoms with Crippen molar-refractivity contribution in [3.8, 4) is 11.1 Å². The van der Waals surface area contributed by atoms with E-state index in [1.165, 1.54) is 54.4 Å². The number of rotatable bonds is 7. The number of hydrogen-bond acceptors (Lipinski definition) is 1. The number of anilines is 1. The number of aryl methyl sites for hydroxylation is 2. The minimum atomic E-state index is 0.874. The van der Waals surface area contributed by atoms with Gasteiger partial charge in [-0.2, -0.15) is 0 Å². The van der Waals surface area contributed by atoms with Crippen LogP contribution in [0.2, 0.25) is 0 Å². The van der Waals surface area contributed by atoms with Gasteiger partial charge < -0.3 is 5.73 Å². The first-order valence-corrected chi connectivity index (χ1v) is 8.16. The van der Waals surface area contributed by atoms with Crippen LogP contribution in [-0.2, 0) is 6.42 Å². The summed E-state index contributed by atoms with van der Waals surface area (Å²) in [7, 11) is 0. The maximum Gasteiger partial charge on any atom is 0.0394 e. The number of benzene rings is 2. The second kappa shape index (κ2) is 7.87. The van der Waals surface area contributed by atoms with Crippen molar-refractivity contribution in [1.82, 2.24) is 0 Å². The molecule has 0 saturated carbocycles. The van der Waals surface area contributed by atoms with Gasteiger partial charge in [0.1, 0.15) is 0 Å². The fourth-order valence-corrected chi connectivity index (χ4v) is 2.82. The Morgan fingerprint density at radius 1 is 0.857 bits per heavy atom. The molecule has 0 fully saturated rings. The van der Waals surface area contributed by atoms with Gasteiger partial charge in [0, 0.05) is 11.3 Å². The first kappa shape index (κ1) is 15.6. The predicted molar refractivity (Wildman–Crippen MR) is 93.5 cm³/mol. The van der Waals surface area contributed by atoms with Gasteiger partial charge in [0.15, 0.2) is 0 Å². The largest absolute Gasteiger partial charge is 0.398 e. The van der Waals surface area contributed by atoms with Crippen molar-refractivity contribution in [2.24, 2.45) is 0 Å². The van der Waals surface area contributed by atoms with Crippen LogP contribution in [0.15, 0.2) is 42.5 Å². The Labute approximate surface area is 129 Å². The molecule has 0 heterocycles. The van der Waals surface area contributed by atoms with Gasteiger partial charge >= 0.3 is 0 Å². The predicted octanol–water partition coefficient (Wildman–Crippen LogP) is 5.76. The van der Waals surface area contributed by atoms with E-state index in [0.717, 1.165) is 12.1 Å². The average Bonchev–Trinajstić information content (AvgIpc) is 2.50. The van der Waals surface area contributed by atoms with Gasteiger partial charge in [-0.3, -0.25) is 0 Å². The molecule has 1 heteroatoms. The molecule has 0 aliphatic carbocycles. The summed E-state index contributed by atoms with van der Waals surface area (Å²) in [6, 6.07) is 15.0. The minimum absolute atomic E-state index is 0.874. The fraction of sp³-hybridized carbons (Fsp3) is 0.400. The molecule has 0 atom stereocenters. The van der Waals surface area contributed by atoms with E-state index in [-0.39, 0.29) is 0 Å². The topological polar surface area (TPSA) is 26.0 Å². The van der Waals surface area contributed by atoms with Crippen LogP contribution in [0.25, 0.3) is 11.1 Å². The van der Waals surface area contributed by atoms with Crippen LogP contribution in [0.5, 0.6) is 0 Å². The third kappa shape index (κ3) is 4.35. The second-order valence-corrected chi connectivity index (χ2v) is 5.91. The molecule has 2 aromatic rings. The quantitative estimate of drug-likeness (QED) is 0.507. The third-order valence-corrected chi connectivity index (χ3v) is 4.07. The molecular formula is C20H27N. The van der Waals surface area contributed by atoms with Crippen LogP contribution in [0, 0.1) is 6.92 Å². The summed E-state index contributed by atoms with van der Waals surface area (Å²) in [4.78, 5) is 0. The van der Waals surface area contributed by atoms with E-state index in [9.17, 15) is 0 Å². The fourth-order valence-electron chi connectivity index (χ4n) is 2.82. The summed E-state index contributed by atoms with van der Waals surface area (Å²) < 4.78 is 0. The summed E-state index contributed by atoms with van der Waals surface area (Å²) in [6.07, 6.45) is 7.75. The Kier molecular flexibility index (Phi) is 5.86. The second-order valence-electron chi connectivity index (χ2n) is 5.91. The van der Waals surface area contributed by atoms with Gasteiger partial charge in [-0.05, 0) is 43.0 Å². The molecule has 2 rings (SSSR count). The Balaban J connectivity index is 2.15. The molecule has 0 amide bonds. The van der Waals surface area contributed by atoms with Crippen LogP contribution in [0.3, 0.4) is 0 Å². The molecule has 0 spiro atoms. The van der Waals surface area contributed by atoms with Gasteiger partial charge in [-0.1, -0.05) is 68.5 Å². The highest BCUT2D eigenvalue weighted by Crippen LogP contribution is 2.30. The summed E-state index contributed by atoms with van der Waals surface area (Å²) in [5.41, 5.74) is 12.2. The molecular weight excluding hydrogens is 254 g/mol. The maximum absolute atomic E-state index is 6.18. The smallest absolute Gasteiger partial charge is 0.0394 e. The normalized spacial score (nSPS) is 10.8. The van der Waals surface area contributed by atoms with Crippen molar-refractivity contribution >= 4 is 5.69 Å². The molecule has 0 radical (unpaired) electrons. The lowest BCUT2D eigenvalue weighted by Gasteiger charge is -2.12. The Morgan fingerprint density at radius 2 is 1.62 bits per heavy atom. The lowest BCUT2D eigenvalue weighted by Crippen LogP contribution is -1.95. The lowest BCUT2D eigenvalue weighted by atomic mass is 9.94. The molecule has 112 valence electrons. The van der Waals surface area contributed by atoms with Crippen molar-refractivity contribution in [3.63, 3.8) is 0 Å². The van der Waals surface area contributed by atoms with Crippen LogP contribution >= 0.6 is 0 Å². The van der Waals surface area contributed by atoms with Crippen LogP contribution in [-0.4, -0.2) is 0 Å². The SMILES string of the molecule is CCCCCCCc1ccccc1-c1cc(C)ccc1N. The lowest BCUT2D eigenvalue weighted by molar-refractivity contribution is 0.632. The first-order valence-electron chi connectivity index (χ1n) is 8.16. The first-order chi connectivity index (χ1) is 10.2. The minimum Gasteiger partial charge on any atom is -0.398 e. The van der Waals surface area contributed by atoms with Crippen LogP contribution in [0.1, 0.15) is 50.2 Å². The van der Waals surface area contributed by atoms with Crippen molar-refractivity contribution in [2.75, 3.05) is 5.73 Å². The van der Waals surface area contributed by atoms with Gasteiger partial charge in [0.05, 0.1) is 0 Å². The van der Waals surface area contributed by atoms with Gasteiger partial charge in [0.25, 0.3) is 0 Å². The number of unbranched alkanes of at least 4 members (excludes halogenated alkanes) is 4. The highest BCUT2D eigenvalue weighted by atomic mass is 14.6. The van der Waals surface area contributed by atoms with E-state index in [0.29, 0.717) is 0 Å². The van der Waals surface area contributed by atoms with Crippen molar-refractivity contribution in [3.05, 3.63) is 53.6 Å². The van der Waals surface area contributed by atoms with Crippen molar-refractivity contribution < 1.29 is 0 Å².